The molecule has 1 amide bonds. The van der Waals surface area contributed by atoms with E-state index < -0.39 is 5.97 Å². The van der Waals surface area contributed by atoms with Gasteiger partial charge < -0.3 is 15.2 Å². The van der Waals surface area contributed by atoms with Crippen LogP contribution < -0.4 is 10.1 Å². The van der Waals surface area contributed by atoms with Crippen molar-refractivity contribution >= 4 is 46.0 Å². The zero-order valence-corrected chi connectivity index (χ0v) is 23.8. The molecule has 0 unspecified atom stereocenters. The summed E-state index contributed by atoms with van der Waals surface area (Å²) in [7, 11) is 1.63. The average molecular weight is 589 g/mol. The molecule has 2 N–H and O–H groups in total. The molecule has 2 heterocycles. The molecule has 0 aliphatic carbocycles. The molecule has 0 aliphatic heterocycles. The van der Waals surface area contributed by atoms with Gasteiger partial charge in [0.25, 0.3) is 5.91 Å². The number of pyridine rings is 1. The van der Waals surface area contributed by atoms with Gasteiger partial charge in [-0.25, -0.2) is 4.98 Å². The number of benzene rings is 3. The molecule has 8 nitrogen and oxygen atoms in total. The first-order chi connectivity index (χ1) is 19.7. The number of carbonyl (C=O) groups is 2. The molecule has 0 radical (unpaired) electrons. The minimum atomic E-state index is -0.968. The largest absolute Gasteiger partial charge is 0.497 e. The van der Waals surface area contributed by atoms with Crippen molar-refractivity contribution < 1.29 is 19.4 Å². The Morgan fingerprint density at radius 3 is 2.37 bits per heavy atom. The summed E-state index contributed by atoms with van der Waals surface area (Å²) in [5.41, 5.74) is 5.14. The quantitative estimate of drug-likeness (QED) is 0.194. The number of carboxylic acids is 1. The molecular weight excluding hydrogens is 563 g/mol. The number of ether oxygens (including phenoxy) is 1. The lowest BCUT2D eigenvalue weighted by atomic mass is 10.1. The molecule has 208 valence electrons. The first kappa shape index (κ1) is 28.1. The van der Waals surface area contributed by atoms with Gasteiger partial charge in [-0.15, -0.1) is 0 Å². The number of fused-ring (bicyclic) bond motifs is 1. The van der Waals surface area contributed by atoms with Crippen molar-refractivity contribution in [2.24, 2.45) is 0 Å². The van der Waals surface area contributed by atoms with Crippen molar-refractivity contribution in [2.45, 2.75) is 19.4 Å². The van der Waals surface area contributed by atoms with Crippen molar-refractivity contribution in [1.82, 2.24) is 20.1 Å². The van der Waals surface area contributed by atoms with Crippen LogP contribution in [0.1, 0.15) is 35.3 Å². The summed E-state index contributed by atoms with van der Waals surface area (Å²) >= 11 is 12.6. The van der Waals surface area contributed by atoms with E-state index in [4.69, 9.17) is 43.1 Å². The summed E-state index contributed by atoms with van der Waals surface area (Å²) in [6.07, 6.45) is -0.139. The molecule has 41 heavy (non-hydrogen) atoms. The SMILES string of the molecule is COc1ccc2nc(-c3cc(-c4cc(Cl)cc(Cl)c4)nn3[C@@H](C)c3ccc(C(=O)NCCC(=O)O)cc3)ccc2c1. The lowest BCUT2D eigenvalue weighted by molar-refractivity contribution is -0.136. The summed E-state index contributed by atoms with van der Waals surface area (Å²) in [6.45, 7) is 2.07. The van der Waals surface area contributed by atoms with E-state index in [1.165, 1.54) is 0 Å². The number of methoxy groups -OCH3 is 1. The van der Waals surface area contributed by atoms with Gasteiger partial charge in [0.1, 0.15) is 5.75 Å². The molecule has 0 fully saturated rings. The number of hydrogen-bond acceptors (Lipinski definition) is 5. The van der Waals surface area contributed by atoms with Gasteiger partial charge in [-0.05, 0) is 73.2 Å². The van der Waals surface area contributed by atoms with Gasteiger partial charge in [0, 0.05) is 33.1 Å². The van der Waals surface area contributed by atoms with Crippen molar-refractivity contribution in [3.63, 3.8) is 0 Å². The molecule has 0 saturated carbocycles. The van der Waals surface area contributed by atoms with E-state index in [-0.39, 0.29) is 24.9 Å². The summed E-state index contributed by atoms with van der Waals surface area (Å²) < 4.78 is 7.24. The van der Waals surface area contributed by atoms with Crippen LogP contribution in [-0.4, -0.2) is 45.4 Å². The molecular formula is C31H26Cl2N4O4. The standard InChI is InChI=1S/C31H26Cl2N4O4/c1-18(19-3-5-20(6-4-19)31(40)34-12-11-30(38)39)37-29(17-28(36-37)22-13-23(32)16-24(33)14-22)27-9-7-21-15-25(41-2)8-10-26(21)35-27/h3-10,13-18H,11-12H2,1-2H3,(H,34,40)(H,38,39)/t18-/m0/s1. The second kappa shape index (κ2) is 12.0. The van der Waals surface area contributed by atoms with E-state index in [0.29, 0.717) is 21.3 Å². The fourth-order valence-corrected chi connectivity index (χ4v) is 5.06. The minimum absolute atomic E-state index is 0.0603. The van der Waals surface area contributed by atoms with E-state index >= 15 is 0 Å². The lowest BCUT2D eigenvalue weighted by Crippen LogP contribution is -2.26. The van der Waals surface area contributed by atoms with Crippen molar-refractivity contribution in [3.8, 4) is 28.4 Å². The van der Waals surface area contributed by atoms with Gasteiger partial charge in [-0.2, -0.15) is 5.10 Å². The van der Waals surface area contributed by atoms with Crippen molar-refractivity contribution in [3.05, 3.63) is 100 Å². The van der Waals surface area contributed by atoms with Crippen LogP contribution in [0.3, 0.4) is 0 Å². The topological polar surface area (TPSA) is 106 Å². The molecule has 0 spiro atoms. The van der Waals surface area contributed by atoms with E-state index in [1.807, 2.05) is 72.3 Å². The number of aromatic nitrogens is 3. The number of halogens is 2. The van der Waals surface area contributed by atoms with Crippen LogP contribution >= 0.6 is 23.2 Å². The Hall–Kier alpha value is -4.40. The fourth-order valence-electron chi connectivity index (χ4n) is 4.54. The van der Waals surface area contributed by atoms with Crippen LogP contribution in [0, 0.1) is 0 Å². The number of hydrogen-bond donors (Lipinski definition) is 2. The van der Waals surface area contributed by atoms with Gasteiger partial charge in [0.15, 0.2) is 0 Å². The molecule has 5 rings (SSSR count). The van der Waals surface area contributed by atoms with E-state index in [9.17, 15) is 9.59 Å². The average Bonchev–Trinajstić information content (AvgIpc) is 3.41. The van der Waals surface area contributed by atoms with Crippen LogP contribution in [0.25, 0.3) is 33.5 Å². The number of nitrogens with zero attached hydrogens (tertiary/aromatic N) is 3. The summed E-state index contributed by atoms with van der Waals surface area (Å²) in [5, 5.41) is 18.3. The maximum absolute atomic E-state index is 12.4. The van der Waals surface area contributed by atoms with Gasteiger partial charge in [-0.3, -0.25) is 14.3 Å². The first-order valence-electron chi connectivity index (χ1n) is 12.8. The molecule has 10 heteroatoms. The molecule has 0 bridgehead atoms. The first-order valence-corrected chi connectivity index (χ1v) is 13.6. The Labute approximate surface area is 246 Å². The zero-order valence-electron chi connectivity index (χ0n) is 22.3. The summed E-state index contributed by atoms with van der Waals surface area (Å²) in [6, 6.07) is 23.8. The third-order valence-electron chi connectivity index (χ3n) is 6.70. The Morgan fingerprint density at radius 1 is 0.951 bits per heavy atom. The van der Waals surface area contributed by atoms with Crippen molar-refractivity contribution in [1.29, 1.82) is 0 Å². The van der Waals surface area contributed by atoms with E-state index in [1.54, 1.807) is 25.3 Å². The number of rotatable bonds is 9. The normalized spacial score (nSPS) is 11.8. The number of amides is 1. The fraction of sp³-hybridized carbons (Fsp3) is 0.161. The molecule has 3 aromatic carbocycles. The zero-order chi connectivity index (χ0) is 29.1. The Morgan fingerprint density at radius 2 is 1.68 bits per heavy atom. The van der Waals surface area contributed by atoms with E-state index in [2.05, 4.69) is 5.32 Å². The Kier molecular flexibility index (Phi) is 8.23. The highest BCUT2D eigenvalue weighted by molar-refractivity contribution is 6.35. The number of nitrogens with one attached hydrogen (secondary N) is 1. The van der Waals surface area contributed by atoms with Gasteiger partial charge in [0.2, 0.25) is 0 Å². The van der Waals surface area contributed by atoms with Gasteiger partial charge in [-0.1, -0.05) is 41.4 Å². The van der Waals surface area contributed by atoms with Crippen LogP contribution in [-0.2, 0) is 4.79 Å². The Bertz CT molecular complexity index is 1730. The maximum Gasteiger partial charge on any atom is 0.305 e. The third-order valence-corrected chi connectivity index (χ3v) is 7.14. The molecule has 5 aromatic rings. The lowest BCUT2D eigenvalue weighted by Gasteiger charge is -2.17. The van der Waals surface area contributed by atoms with Gasteiger partial charge in [0.05, 0.1) is 42.2 Å². The number of carboxylic acid groups (broad SMARTS) is 1. The molecule has 0 saturated heterocycles. The van der Waals surface area contributed by atoms with E-state index in [0.717, 1.165) is 39.2 Å². The maximum atomic E-state index is 12.4. The monoisotopic (exact) mass is 588 g/mol. The summed E-state index contributed by atoms with van der Waals surface area (Å²) in [5.74, 6) is -0.545. The van der Waals surface area contributed by atoms with Crippen LogP contribution in [0.2, 0.25) is 10.0 Å². The third kappa shape index (κ3) is 6.34. The predicted octanol–water partition coefficient (Wildman–Crippen LogP) is 6.89. The van der Waals surface area contributed by atoms with Crippen molar-refractivity contribution in [2.75, 3.05) is 13.7 Å². The molecule has 2 aromatic heterocycles. The summed E-state index contributed by atoms with van der Waals surface area (Å²) in [4.78, 5) is 28.1. The molecule has 1 atom stereocenters. The number of aliphatic carboxylic acids is 1. The van der Waals surface area contributed by atoms with Crippen LogP contribution in [0.5, 0.6) is 5.75 Å². The highest BCUT2D eigenvalue weighted by Crippen LogP contribution is 2.33. The minimum Gasteiger partial charge on any atom is -0.497 e. The smallest absolute Gasteiger partial charge is 0.305 e. The second-order valence-electron chi connectivity index (χ2n) is 9.47. The highest BCUT2D eigenvalue weighted by atomic mass is 35.5. The van der Waals surface area contributed by atoms with Crippen LogP contribution in [0.15, 0.2) is 78.9 Å². The van der Waals surface area contributed by atoms with Gasteiger partial charge >= 0.3 is 5.97 Å². The molecule has 0 aliphatic rings. The highest BCUT2D eigenvalue weighted by Gasteiger charge is 2.20. The Balaban J connectivity index is 1.53. The predicted molar refractivity (Wildman–Crippen MR) is 160 cm³/mol. The van der Waals surface area contributed by atoms with Crippen LogP contribution in [0.4, 0.5) is 0 Å². The number of carbonyl (C=O) groups excluding carboxylic acids is 1. The second-order valence-corrected chi connectivity index (χ2v) is 10.3.